The van der Waals surface area contributed by atoms with Crippen molar-refractivity contribution in [3.8, 4) is 0 Å². The van der Waals surface area contributed by atoms with Gasteiger partial charge in [-0.1, -0.05) is 18.2 Å². The zero-order chi connectivity index (χ0) is 13.9. The Bertz CT molecular complexity index is 415. The Labute approximate surface area is 111 Å². The summed E-state index contributed by atoms with van der Waals surface area (Å²) in [6.07, 6.45) is -1.94. The molecule has 1 aliphatic rings. The van der Waals surface area contributed by atoms with E-state index in [2.05, 4.69) is 5.32 Å². The van der Waals surface area contributed by atoms with E-state index in [1.54, 1.807) is 13.2 Å². The Hall–Kier alpha value is -1.07. The summed E-state index contributed by atoms with van der Waals surface area (Å²) in [6.45, 7) is 1.04. The van der Waals surface area contributed by atoms with Crippen LogP contribution in [0.5, 0.6) is 0 Å². The number of benzene rings is 1. The van der Waals surface area contributed by atoms with Crippen LogP contribution in [-0.2, 0) is 17.5 Å². The van der Waals surface area contributed by atoms with Crippen LogP contribution in [0.3, 0.4) is 0 Å². The predicted octanol–water partition coefficient (Wildman–Crippen LogP) is 3.22. The molecule has 1 unspecified atom stereocenters. The number of ether oxygens (including phenoxy) is 1. The molecule has 0 aromatic heterocycles. The van der Waals surface area contributed by atoms with E-state index < -0.39 is 11.7 Å². The SMILES string of the molecule is COCC(NCc1cccc(C(F)(F)F)c1)C1CC1. The molecule has 0 aliphatic heterocycles. The summed E-state index contributed by atoms with van der Waals surface area (Å²) in [5.41, 5.74) is 0.0538. The van der Waals surface area contributed by atoms with Gasteiger partial charge in [0.25, 0.3) is 0 Å². The molecule has 0 amide bonds. The van der Waals surface area contributed by atoms with E-state index in [1.807, 2.05) is 0 Å². The summed E-state index contributed by atoms with van der Waals surface area (Å²) in [5.74, 6) is 0.603. The third-order valence-corrected chi connectivity index (χ3v) is 3.36. The van der Waals surface area contributed by atoms with Crippen LogP contribution in [-0.4, -0.2) is 19.8 Å². The highest BCUT2D eigenvalue weighted by atomic mass is 19.4. The summed E-state index contributed by atoms with van der Waals surface area (Å²) < 4.78 is 42.9. The molecular formula is C14H18F3NO. The lowest BCUT2D eigenvalue weighted by molar-refractivity contribution is -0.137. The molecule has 1 saturated carbocycles. The van der Waals surface area contributed by atoms with Gasteiger partial charge in [-0.15, -0.1) is 0 Å². The first-order valence-corrected chi connectivity index (χ1v) is 6.39. The minimum absolute atomic E-state index is 0.236. The van der Waals surface area contributed by atoms with E-state index in [-0.39, 0.29) is 6.04 Å². The molecule has 1 N–H and O–H groups in total. The van der Waals surface area contributed by atoms with Gasteiger partial charge >= 0.3 is 6.18 Å². The van der Waals surface area contributed by atoms with Crippen LogP contribution in [0, 0.1) is 5.92 Å². The van der Waals surface area contributed by atoms with Crippen LogP contribution in [0.4, 0.5) is 13.2 Å². The zero-order valence-corrected chi connectivity index (χ0v) is 10.8. The number of hydrogen-bond acceptors (Lipinski definition) is 2. The van der Waals surface area contributed by atoms with Crippen LogP contribution >= 0.6 is 0 Å². The third-order valence-electron chi connectivity index (χ3n) is 3.36. The molecule has 19 heavy (non-hydrogen) atoms. The van der Waals surface area contributed by atoms with Gasteiger partial charge in [0.05, 0.1) is 12.2 Å². The first-order chi connectivity index (χ1) is 9.00. The minimum atomic E-state index is -4.28. The second kappa shape index (κ2) is 5.92. The average Bonchev–Trinajstić information content (AvgIpc) is 3.18. The minimum Gasteiger partial charge on any atom is -0.383 e. The molecule has 5 heteroatoms. The Morgan fingerprint density at radius 2 is 2.11 bits per heavy atom. The molecule has 0 heterocycles. The molecule has 1 aromatic carbocycles. The fourth-order valence-electron chi connectivity index (χ4n) is 2.15. The molecule has 0 spiro atoms. The molecule has 1 fully saturated rings. The predicted molar refractivity (Wildman–Crippen MR) is 66.7 cm³/mol. The summed E-state index contributed by atoms with van der Waals surface area (Å²) in [4.78, 5) is 0. The molecule has 1 aromatic rings. The lowest BCUT2D eigenvalue weighted by Crippen LogP contribution is -2.34. The van der Waals surface area contributed by atoms with E-state index in [4.69, 9.17) is 4.74 Å². The maximum atomic E-state index is 12.6. The zero-order valence-electron chi connectivity index (χ0n) is 10.8. The van der Waals surface area contributed by atoms with Crippen molar-refractivity contribution in [3.05, 3.63) is 35.4 Å². The van der Waals surface area contributed by atoms with Crippen molar-refractivity contribution in [3.63, 3.8) is 0 Å². The van der Waals surface area contributed by atoms with E-state index in [9.17, 15) is 13.2 Å². The number of halogens is 3. The standard InChI is InChI=1S/C14H18F3NO/c1-19-9-13(11-5-6-11)18-8-10-3-2-4-12(7-10)14(15,16)17/h2-4,7,11,13,18H,5-6,8-9H2,1H3. The Morgan fingerprint density at radius 1 is 1.37 bits per heavy atom. The number of hydrogen-bond donors (Lipinski definition) is 1. The highest BCUT2D eigenvalue weighted by Gasteiger charge is 2.32. The van der Waals surface area contributed by atoms with Gasteiger partial charge in [0.2, 0.25) is 0 Å². The topological polar surface area (TPSA) is 21.3 Å². The lowest BCUT2D eigenvalue weighted by atomic mass is 10.1. The normalized spacial score (nSPS) is 17.5. The molecule has 0 bridgehead atoms. The smallest absolute Gasteiger partial charge is 0.383 e. The fraction of sp³-hybridized carbons (Fsp3) is 0.571. The van der Waals surface area contributed by atoms with Crippen molar-refractivity contribution in [1.82, 2.24) is 5.32 Å². The van der Waals surface area contributed by atoms with Crippen molar-refractivity contribution in [2.24, 2.45) is 5.92 Å². The van der Waals surface area contributed by atoms with Gasteiger partial charge in [-0.3, -0.25) is 0 Å². The number of methoxy groups -OCH3 is 1. The van der Waals surface area contributed by atoms with Gasteiger partial charge in [-0.25, -0.2) is 0 Å². The first-order valence-electron chi connectivity index (χ1n) is 6.39. The summed E-state index contributed by atoms with van der Waals surface area (Å²) >= 11 is 0. The maximum absolute atomic E-state index is 12.6. The van der Waals surface area contributed by atoms with Crippen molar-refractivity contribution in [2.75, 3.05) is 13.7 Å². The molecule has 2 rings (SSSR count). The number of alkyl halides is 3. The van der Waals surface area contributed by atoms with Gasteiger partial charge in [-0.05, 0) is 30.4 Å². The van der Waals surface area contributed by atoms with Crippen LogP contribution < -0.4 is 5.32 Å². The van der Waals surface area contributed by atoms with Crippen molar-refractivity contribution >= 4 is 0 Å². The van der Waals surface area contributed by atoms with Gasteiger partial charge in [0, 0.05) is 19.7 Å². The average molecular weight is 273 g/mol. The van der Waals surface area contributed by atoms with Crippen LogP contribution in [0.2, 0.25) is 0 Å². The van der Waals surface area contributed by atoms with E-state index in [0.717, 1.165) is 6.07 Å². The number of nitrogens with one attached hydrogen (secondary N) is 1. The van der Waals surface area contributed by atoms with E-state index in [0.29, 0.717) is 24.6 Å². The van der Waals surface area contributed by atoms with Crippen LogP contribution in [0.25, 0.3) is 0 Å². The summed E-state index contributed by atoms with van der Waals surface area (Å²) in [5, 5.41) is 3.29. The van der Waals surface area contributed by atoms with Crippen molar-refractivity contribution in [2.45, 2.75) is 31.6 Å². The molecule has 2 nitrogen and oxygen atoms in total. The lowest BCUT2D eigenvalue weighted by Gasteiger charge is -2.17. The van der Waals surface area contributed by atoms with E-state index in [1.165, 1.54) is 25.0 Å². The third kappa shape index (κ3) is 4.21. The van der Waals surface area contributed by atoms with Gasteiger partial charge < -0.3 is 10.1 Å². The van der Waals surface area contributed by atoms with Gasteiger partial charge in [0.1, 0.15) is 0 Å². The summed E-state index contributed by atoms with van der Waals surface area (Å²) in [6, 6.07) is 5.68. The van der Waals surface area contributed by atoms with Crippen LogP contribution in [0.15, 0.2) is 24.3 Å². The Balaban J connectivity index is 1.95. The summed E-state index contributed by atoms with van der Waals surface area (Å²) in [7, 11) is 1.64. The van der Waals surface area contributed by atoms with Crippen molar-refractivity contribution in [1.29, 1.82) is 0 Å². The quantitative estimate of drug-likeness (QED) is 0.859. The molecule has 106 valence electrons. The molecule has 1 aliphatic carbocycles. The molecule has 0 saturated heterocycles. The monoisotopic (exact) mass is 273 g/mol. The highest BCUT2D eigenvalue weighted by Crippen LogP contribution is 2.33. The first kappa shape index (κ1) is 14.3. The second-order valence-electron chi connectivity index (χ2n) is 4.98. The Kier molecular flexibility index (Phi) is 4.47. The molecule has 0 radical (unpaired) electrons. The largest absolute Gasteiger partial charge is 0.416 e. The van der Waals surface area contributed by atoms with Gasteiger partial charge in [-0.2, -0.15) is 13.2 Å². The van der Waals surface area contributed by atoms with Gasteiger partial charge in [0.15, 0.2) is 0 Å². The Morgan fingerprint density at radius 3 is 2.68 bits per heavy atom. The van der Waals surface area contributed by atoms with Crippen molar-refractivity contribution < 1.29 is 17.9 Å². The fourth-order valence-corrected chi connectivity index (χ4v) is 2.15. The second-order valence-corrected chi connectivity index (χ2v) is 4.98. The molecular weight excluding hydrogens is 255 g/mol. The number of rotatable bonds is 6. The van der Waals surface area contributed by atoms with E-state index >= 15 is 0 Å². The maximum Gasteiger partial charge on any atom is 0.416 e. The van der Waals surface area contributed by atoms with Crippen LogP contribution in [0.1, 0.15) is 24.0 Å². The highest BCUT2D eigenvalue weighted by molar-refractivity contribution is 5.25. The molecule has 1 atom stereocenters.